The Morgan fingerprint density at radius 3 is 2.48 bits per heavy atom. The minimum atomic E-state index is -1.15. The Balaban J connectivity index is 1.98. The summed E-state index contributed by atoms with van der Waals surface area (Å²) in [5, 5.41) is 28.6. The summed E-state index contributed by atoms with van der Waals surface area (Å²) in [6.45, 7) is 3.10. The molecule has 21 heavy (non-hydrogen) atoms. The van der Waals surface area contributed by atoms with E-state index in [1.165, 1.54) is 12.8 Å². The van der Waals surface area contributed by atoms with Crippen molar-refractivity contribution in [3.63, 3.8) is 0 Å². The number of unbranched alkanes of at least 4 members (excludes halogenated alkanes) is 4. The summed E-state index contributed by atoms with van der Waals surface area (Å²) in [6, 6.07) is 0. The Bertz CT molecular complexity index is 282. The van der Waals surface area contributed by atoms with Crippen LogP contribution in [-0.4, -0.2) is 59.6 Å². The van der Waals surface area contributed by atoms with E-state index in [0.717, 1.165) is 25.7 Å². The van der Waals surface area contributed by atoms with E-state index < -0.39 is 24.4 Å². The lowest BCUT2D eigenvalue weighted by Crippen LogP contribution is -2.54. The first-order valence-electron chi connectivity index (χ1n) is 8.05. The Morgan fingerprint density at radius 1 is 1.05 bits per heavy atom. The van der Waals surface area contributed by atoms with Gasteiger partial charge in [-0.15, -0.1) is 0 Å². The molecule has 1 saturated heterocycles. The van der Waals surface area contributed by atoms with Crippen LogP contribution in [0.1, 0.15) is 45.4 Å². The average molecular weight is 302 g/mol. The number of aliphatic hydroxyl groups excluding tert-OH is 3. The molecule has 0 aromatic heterocycles. The highest BCUT2D eigenvalue weighted by Crippen LogP contribution is 2.16. The van der Waals surface area contributed by atoms with Gasteiger partial charge >= 0.3 is 0 Å². The van der Waals surface area contributed by atoms with Crippen molar-refractivity contribution >= 4 is 0 Å². The third-order valence-electron chi connectivity index (χ3n) is 3.69. The number of rotatable bonds is 10. The first-order valence-corrected chi connectivity index (χ1v) is 8.05. The second kappa shape index (κ2) is 11.2. The van der Waals surface area contributed by atoms with E-state index in [2.05, 4.69) is 19.1 Å². The molecule has 124 valence electrons. The van der Waals surface area contributed by atoms with Crippen LogP contribution >= 0.6 is 0 Å². The Hall–Kier alpha value is -0.460. The van der Waals surface area contributed by atoms with Crippen molar-refractivity contribution < 1.29 is 24.8 Å². The zero-order valence-electron chi connectivity index (χ0n) is 13.0. The van der Waals surface area contributed by atoms with E-state index in [4.69, 9.17) is 9.47 Å². The molecule has 0 aliphatic carbocycles. The van der Waals surface area contributed by atoms with Crippen molar-refractivity contribution in [1.82, 2.24) is 0 Å². The monoisotopic (exact) mass is 302 g/mol. The molecule has 0 amide bonds. The third kappa shape index (κ3) is 7.38. The van der Waals surface area contributed by atoms with Crippen LogP contribution in [0.3, 0.4) is 0 Å². The lowest BCUT2D eigenvalue weighted by Gasteiger charge is -2.35. The van der Waals surface area contributed by atoms with Crippen LogP contribution in [0.4, 0.5) is 0 Å². The minimum absolute atomic E-state index is 0.0365. The summed E-state index contributed by atoms with van der Waals surface area (Å²) in [7, 11) is 0. The van der Waals surface area contributed by atoms with Gasteiger partial charge in [0.25, 0.3) is 0 Å². The molecule has 1 aliphatic rings. The fourth-order valence-corrected chi connectivity index (χ4v) is 2.24. The Morgan fingerprint density at radius 2 is 1.76 bits per heavy atom. The molecule has 1 aliphatic heterocycles. The van der Waals surface area contributed by atoms with Gasteiger partial charge in [-0.3, -0.25) is 0 Å². The van der Waals surface area contributed by atoms with Crippen molar-refractivity contribution in [3.05, 3.63) is 12.2 Å². The van der Waals surface area contributed by atoms with Crippen LogP contribution in [0.2, 0.25) is 0 Å². The van der Waals surface area contributed by atoms with E-state index in [1.54, 1.807) is 0 Å². The number of hydrogen-bond acceptors (Lipinski definition) is 5. The first kappa shape index (κ1) is 18.6. The number of hydrogen-bond donors (Lipinski definition) is 3. The van der Waals surface area contributed by atoms with Crippen LogP contribution < -0.4 is 0 Å². The molecule has 1 fully saturated rings. The smallest absolute Gasteiger partial charge is 0.111 e. The predicted molar refractivity (Wildman–Crippen MR) is 81.1 cm³/mol. The zero-order chi connectivity index (χ0) is 15.5. The fourth-order valence-electron chi connectivity index (χ4n) is 2.24. The zero-order valence-corrected chi connectivity index (χ0v) is 13.0. The van der Waals surface area contributed by atoms with Crippen LogP contribution in [0.5, 0.6) is 0 Å². The minimum Gasteiger partial charge on any atom is -0.388 e. The highest BCUT2D eigenvalue weighted by molar-refractivity contribution is 4.86. The average Bonchev–Trinajstić information content (AvgIpc) is 2.49. The molecule has 0 aromatic rings. The van der Waals surface area contributed by atoms with Gasteiger partial charge in [0, 0.05) is 6.61 Å². The second-order valence-electron chi connectivity index (χ2n) is 5.60. The standard InChI is InChI=1S/C16H30O5/c1-2-3-4-5-6-7-8-9-10-20-12-14-16(19)15(18)13(17)11-21-14/h5-6,13-19H,2-4,7-12H2,1H3/b6-5+/t13-,14+,15+,16+/m1/s1. The molecule has 5 nitrogen and oxygen atoms in total. The summed E-state index contributed by atoms with van der Waals surface area (Å²) < 4.78 is 10.7. The van der Waals surface area contributed by atoms with Gasteiger partial charge in [-0.25, -0.2) is 0 Å². The van der Waals surface area contributed by atoms with Crippen LogP contribution in [0.25, 0.3) is 0 Å². The molecule has 0 saturated carbocycles. The molecular formula is C16H30O5. The number of allylic oxidation sites excluding steroid dienone is 2. The third-order valence-corrected chi connectivity index (χ3v) is 3.69. The van der Waals surface area contributed by atoms with E-state index in [0.29, 0.717) is 6.61 Å². The molecule has 5 heteroatoms. The van der Waals surface area contributed by atoms with Gasteiger partial charge < -0.3 is 24.8 Å². The summed E-state index contributed by atoms with van der Waals surface area (Å²) in [5.74, 6) is 0. The van der Waals surface area contributed by atoms with E-state index in [9.17, 15) is 15.3 Å². The summed E-state index contributed by atoms with van der Waals surface area (Å²) in [4.78, 5) is 0. The highest BCUT2D eigenvalue weighted by atomic mass is 16.6. The topological polar surface area (TPSA) is 79.2 Å². The SMILES string of the molecule is CCCC/C=C/CCCCOC[C@@H]1OC[C@@H](O)[C@H](O)[C@H]1O. The Kier molecular flexibility index (Phi) is 9.87. The maximum atomic E-state index is 9.73. The highest BCUT2D eigenvalue weighted by Gasteiger charge is 2.37. The molecule has 1 heterocycles. The lowest BCUT2D eigenvalue weighted by atomic mass is 10.0. The molecule has 0 aromatic carbocycles. The van der Waals surface area contributed by atoms with Gasteiger partial charge in [0.1, 0.15) is 24.4 Å². The van der Waals surface area contributed by atoms with Crippen LogP contribution in [0, 0.1) is 0 Å². The molecule has 0 bridgehead atoms. The van der Waals surface area contributed by atoms with Crippen LogP contribution in [-0.2, 0) is 9.47 Å². The van der Waals surface area contributed by atoms with E-state index >= 15 is 0 Å². The van der Waals surface area contributed by atoms with Crippen molar-refractivity contribution in [3.8, 4) is 0 Å². The lowest BCUT2D eigenvalue weighted by molar-refractivity contribution is -0.199. The van der Waals surface area contributed by atoms with Gasteiger partial charge in [-0.2, -0.15) is 0 Å². The fraction of sp³-hybridized carbons (Fsp3) is 0.875. The van der Waals surface area contributed by atoms with Gasteiger partial charge in [-0.1, -0.05) is 31.9 Å². The summed E-state index contributed by atoms with van der Waals surface area (Å²) >= 11 is 0. The molecule has 3 N–H and O–H groups in total. The quantitative estimate of drug-likeness (QED) is 0.420. The van der Waals surface area contributed by atoms with Crippen LogP contribution in [0.15, 0.2) is 12.2 Å². The van der Waals surface area contributed by atoms with Gasteiger partial charge in [-0.05, 0) is 25.7 Å². The molecular weight excluding hydrogens is 272 g/mol. The van der Waals surface area contributed by atoms with Gasteiger partial charge in [0.05, 0.1) is 13.2 Å². The number of ether oxygens (including phenoxy) is 2. The van der Waals surface area contributed by atoms with Gasteiger partial charge in [0.2, 0.25) is 0 Å². The van der Waals surface area contributed by atoms with Crippen molar-refractivity contribution in [2.45, 2.75) is 69.9 Å². The van der Waals surface area contributed by atoms with Crippen molar-refractivity contribution in [2.24, 2.45) is 0 Å². The second-order valence-corrected chi connectivity index (χ2v) is 5.60. The first-order chi connectivity index (χ1) is 10.2. The molecule has 1 rings (SSSR count). The summed E-state index contributed by atoms with van der Waals surface area (Å²) in [6.07, 6.45) is 7.42. The largest absolute Gasteiger partial charge is 0.388 e. The van der Waals surface area contributed by atoms with Gasteiger partial charge in [0.15, 0.2) is 0 Å². The van der Waals surface area contributed by atoms with E-state index in [1.807, 2.05) is 0 Å². The maximum Gasteiger partial charge on any atom is 0.111 e. The maximum absolute atomic E-state index is 9.73. The molecule has 4 atom stereocenters. The van der Waals surface area contributed by atoms with Crippen molar-refractivity contribution in [2.75, 3.05) is 19.8 Å². The Labute approximate surface area is 127 Å². The molecule has 0 spiro atoms. The summed E-state index contributed by atoms with van der Waals surface area (Å²) in [5.41, 5.74) is 0. The number of aliphatic hydroxyl groups is 3. The predicted octanol–water partition coefficient (Wildman–Crippen LogP) is 1.40. The van der Waals surface area contributed by atoms with Crippen molar-refractivity contribution in [1.29, 1.82) is 0 Å². The molecule has 0 unspecified atom stereocenters. The molecule has 0 radical (unpaired) electrons. The van der Waals surface area contributed by atoms with E-state index in [-0.39, 0.29) is 13.2 Å². The normalized spacial score (nSPS) is 30.1.